The predicted octanol–water partition coefficient (Wildman–Crippen LogP) is 2.23. The van der Waals surface area contributed by atoms with Crippen LogP contribution in [-0.2, 0) is 9.53 Å². The van der Waals surface area contributed by atoms with E-state index in [0.29, 0.717) is 12.0 Å². The van der Waals surface area contributed by atoms with Gasteiger partial charge >= 0.3 is 5.97 Å². The summed E-state index contributed by atoms with van der Waals surface area (Å²) in [7, 11) is 1.35. The molecule has 0 rings (SSSR count). The van der Waals surface area contributed by atoms with Crippen LogP contribution in [0.25, 0.3) is 0 Å². The van der Waals surface area contributed by atoms with Crippen molar-refractivity contribution in [3.05, 3.63) is 29.5 Å². The summed E-state index contributed by atoms with van der Waals surface area (Å²) in [5.41, 5.74) is 4.19. The summed E-state index contributed by atoms with van der Waals surface area (Å²) >= 11 is 0. The van der Waals surface area contributed by atoms with E-state index < -0.39 is 0 Å². The topological polar surface area (TPSA) is 26.3 Å². The third kappa shape index (κ3) is 3.79. The van der Waals surface area contributed by atoms with Gasteiger partial charge in [-0.05, 0) is 13.8 Å². The molecule has 66 valence electrons. The minimum atomic E-state index is -0.359. The molecule has 0 aromatic rings. The van der Waals surface area contributed by atoms with Crippen LogP contribution in [0, 0.1) is 0 Å². The van der Waals surface area contributed by atoms with Crippen LogP contribution in [0.5, 0.6) is 0 Å². The van der Waals surface area contributed by atoms with Crippen molar-refractivity contribution in [1.82, 2.24) is 0 Å². The van der Waals surface area contributed by atoms with Crippen LogP contribution in [0.2, 0.25) is 0 Å². The van der Waals surface area contributed by atoms with Crippen molar-refractivity contribution in [3.63, 3.8) is 0 Å². The Morgan fingerprint density at radius 1 is 1.58 bits per heavy atom. The fourth-order valence-corrected chi connectivity index (χ4v) is 0.657. The van der Waals surface area contributed by atoms with Crippen molar-refractivity contribution >= 4 is 5.97 Å². The van der Waals surface area contributed by atoms with E-state index in [9.17, 15) is 4.79 Å². The molecule has 2 heteroatoms. The fourth-order valence-electron chi connectivity index (χ4n) is 0.657. The Kier molecular flexibility index (Phi) is 4.82. The molecular weight excluding hydrogens is 152 g/mol. The molecule has 0 amide bonds. The molecule has 0 aromatic heterocycles. The van der Waals surface area contributed by atoms with Gasteiger partial charge in [0.15, 0.2) is 0 Å². The number of carbonyl (C=O) groups excluding carboxylic acids is 1. The minimum Gasteiger partial charge on any atom is -0.465 e. The number of hydrogen-bond acceptors (Lipinski definition) is 2. The number of ether oxygens (including phenoxy) is 1. The summed E-state index contributed by atoms with van der Waals surface area (Å²) in [6, 6.07) is 0. The summed E-state index contributed by atoms with van der Waals surface area (Å²) in [6.07, 6.45) is 2.48. The summed E-state index contributed by atoms with van der Waals surface area (Å²) in [5, 5.41) is 0. The second-order valence-corrected chi connectivity index (χ2v) is 2.63. The highest BCUT2D eigenvalue weighted by molar-refractivity contribution is 5.88. The highest BCUT2D eigenvalue weighted by Gasteiger charge is 2.05. The molecule has 0 aliphatic rings. The summed E-state index contributed by atoms with van der Waals surface area (Å²) in [4.78, 5) is 11.0. The van der Waals surface area contributed by atoms with E-state index in [-0.39, 0.29) is 5.97 Å². The van der Waals surface area contributed by atoms with Crippen molar-refractivity contribution in [2.24, 2.45) is 0 Å². The van der Waals surface area contributed by atoms with Crippen LogP contribution in [0.3, 0.4) is 0 Å². The van der Waals surface area contributed by atoms with Crippen LogP contribution in [-0.4, -0.2) is 13.1 Å². The number of rotatable bonds is 3. The molecule has 0 atom stereocenters. The third-order valence-corrected chi connectivity index (χ3v) is 1.36. The fraction of sp³-hybridized carbons (Fsp3) is 0.400. The van der Waals surface area contributed by atoms with E-state index in [1.165, 1.54) is 7.11 Å². The first-order chi connectivity index (χ1) is 5.61. The lowest BCUT2D eigenvalue weighted by Crippen LogP contribution is -2.02. The summed E-state index contributed by atoms with van der Waals surface area (Å²) in [6.45, 7) is 7.36. The van der Waals surface area contributed by atoms with Crippen LogP contribution >= 0.6 is 0 Å². The van der Waals surface area contributed by atoms with E-state index in [0.717, 1.165) is 5.57 Å². The average Bonchev–Trinajstić information content (AvgIpc) is 2.04. The molecule has 0 bridgehead atoms. The van der Waals surface area contributed by atoms with Gasteiger partial charge in [0.2, 0.25) is 0 Å². The zero-order chi connectivity index (χ0) is 9.56. The average molecular weight is 166 g/mol. The van der Waals surface area contributed by atoms with Gasteiger partial charge in [-0.3, -0.25) is 0 Å². The lowest BCUT2D eigenvalue weighted by atomic mass is 10.1. The number of esters is 1. The van der Waals surface area contributed by atoms with Crippen molar-refractivity contribution in [3.8, 4) is 0 Å². The summed E-state index contributed by atoms with van der Waals surface area (Å²) < 4.78 is 4.53. The molecule has 0 fully saturated rings. The highest BCUT2D eigenvalue weighted by atomic mass is 16.5. The first-order valence-electron chi connectivity index (χ1n) is 3.72. The number of methoxy groups -OCH3 is 1. The Bertz CT molecular complexity index is 239. The maximum atomic E-state index is 11.0. The molecule has 0 aliphatic carbocycles. The molecule has 0 radical (unpaired) electrons. The minimum absolute atomic E-state index is 0.359. The van der Waals surface area contributed by atoms with E-state index >= 15 is 0 Å². The van der Waals surface area contributed by atoms with Gasteiger partial charge in [0.25, 0.3) is 0 Å². The zero-order valence-electron chi connectivity index (χ0n) is 7.81. The first kappa shape index (κ1) is 10.7. The molecule has 0 heterocycles. The van der Waals surface area contributed by atoms with Gasteiger partial charge in [0.05, 0.1) is 12.7 Å². The molecule has 2 nitrogen and oxygen atoms in total. The van der Waals surface area contributed by atoms with Crippen molar-refractivity contribution < 1.29 is 9.53 Å². The second-order valence-electron chi connectivity index (χ2n) is 2.63. The van der Waals surface area contributed by atoms with Crippen LogP contribution < -0.4 is 0 Å². The smallest absolute Gasteiger partial charge is 0.341 e. The van der Waals surface area contributed by atoms with Gasteiger partial charge in [0.1, 0.15) is 0 Å². The van der Waals surface area contributed by atoms with Gasteiger partial charge in [-0.2, -0.15) is 0 Å². The Morgan fingerprint density at radius 2 is 2.17 bits per heavy atom. The van der Waals surface area contributed by atoms with Crippen LogP contribution in [0.4, 0.5) is 0 Å². The second kappa shape index (κ2) is 5.39. The zero-order valence-corrected chi connectivity index (χ0v) is 7.81. The van der Waals surface area contributed by atoms with Gasteiger partial charge in [-0.1, -0.05) is 18.2 Å². The lowest BCUT2D eigenvalue weighted by molar-refractivity contribution is -0.136. The maximum Gasteiger partial charge on any atom is 0.341 e. The number of allylic oxidation sites excluding steroid dienone is 2. The Labute approximate surface area is 73.2 Å². The molecule has 12 heavy (non-hydrogen) atoms. The molecule has 0 unspecified atom stereocenters. The monoisotopic (exact) mass is 166 g/mol. The molecule has 0 aromatic carbocycles. The highest BCUT2D eigenvalue weighted by Crippen LogP contribution is 2.04. The van der Waals surface area contributed by atoms with Gasteiger partial charge in [-0.15, -0.1) is 5.73 Å². The Morgan fingerprint density at radius 3 is 2.50 bits per heavy atom. The van der Waals surface area contributed by atoms with E-state index in [2.05, 4.69) is 17.0 Å². The van der Waals surface area contributed by atoms with E-state index in [1.807, 2.05) is 19.9 Å². The van der Waals surface area contributed by atoms with Crippen LogP contribution in [0.1, 0.15) is 20.3 Å². The van der Waals surface area contributed by atoms with Crippen molar-refractivity contribution in [1.29, 1.82) is 0 Å². The van der Waals surface area contributed by atoms with Gasteiger partial charge in [0, 0.05) is 6.42 Å². The van der Waals surface area contributed by atoms with Crippen molar-refractivity contribution in [2.45, 2.75) is 20.3 Å². The van der Waals surface area contributed by atoms with E-state index in [4.69, 9.17) is 0 Å². The maximum absolute atomic E-state index is 11.0. The molecular formula is C10H14O2. The third-order valence-electron chi connectivity index (χ3n) is 1.36. The van der Waals surface area contributed by atoms with Crippen LogP contribution in [0.15, 0.2) is 29.5 Å². The molecule has 0 aliphatic heterocycles. The number of carbonyl (C=O) groups is 1. The molecule has 0 spiro atoms. The normalized spacial score (nSPS) is 8.25. The van der Waals surface area contributed by atoms with E-state index in [1.54, 1.807) is 0 Å². The lowest BCUT2D eigenvalue weighted by Gasteiger charge is -1.98. The Hall–Kier alpha value is -1.27. The Balaban J connectivity index is 4.32. The standard InChI is InChI=1S/C10H14O2/c1-5-9(10(11)12-4)7-6-8(2)3/h6H,1,7H2,2-4H3. The summed E-state index contributed by atoms with van der Waals surface area (Å²) in [5.74, 6) is -0.359. The van der Waals surface area contributed by atoms with Crippen molar-refractivity contribution in [2.75, 3.05) is 7.11 Å². The quantitative estimate of drug-likeness (QED) is 0.278. The van der Waals surface area contributed by atoms with Gasteiger partial charge < -0.3 is 4.74 Å². The first-order valence-corrected chi connectivity index (χ1v) is 3.72. The molecule has 0 saturated carbocycles. The largest absolute Gasteiger partial charge is 0.465 e. The number of hydrogen-bond donors (Lipinski definition) is 0. The predicted molar refractivity (Wildman–Crippen MR) is 48.7 cm³/mol. The molecule has 0 saturated heterocycles. The van der Waals surface area contributed by atoms with Gasteiger partial charge in [-0.25, -0.2) is 4.79 Å². The SMILES string of the molecule is C=C=C(CC=C(C)C)C(=O)OC. The molecule has 0 N–H and O–H groups in total.